The summed E-state index contributed by atoms with van der Waals surface area (Å²) in [5.41, 5.74) is 4.98. The van der Waals surface area contributed by atoms with Gasteiger partial charge in [-0.3, -0.25) is 9.48 Å². The third-order valence-corrected chi connectivity index (χ3v) is 6.55. The second-order valence-corrected chi connectivity index (χ2v) is 9.45. The lowest BCUT2D eigenvalue weighted by Crippen LogP contribution is -2.23. The first-order valence-electron chi connectivity index (χ1n) is 13.1. The largest absolute Gasteiger partial charge is 0.352 e. The zero-order valence-electron chi connectivity index (χ0n) is 22.2. The second-order valence-electron chi connectivity index (χ2n) is 9.45. The quantitative estimate of drug-likeness (QED) is 0.252. The van der Waals surface area contributed by atoms with Gasteiger partial charge in [0, 0.05) is 29.4 Å². The van der Waals surface area contributed by atoms with Crippen molar-refractivity contribution in [2.45, 2.75) is 19.9 Å². The molecule has 3 aromatic carbocycles. The zero-order chi connectivity index (χ0) is 28.2. The third-order valence-electron chi connectivity index (χ3n) is 6.55. The molecule has 1 amide bonds. The monoisotopic (exact) mass is 547 g/mol. The Labute approximate surface area is 234 Å². The van der Waals surface area contributed by atoms with E-state index < -0.39 is 0 Å². The van der Waals surface area contributed by atoms with Gasteiger partial charge in [0.15, 0.2) is 0 Å². The van der Waals surface area contributed by atoms with Crippen LogP contribution in [0.4, 0.5) is 15.9 Å². The molecule has 0 aliphatic heterocycles. The number of anilines is 2. The average molecular weight is 548 g/mol. The van der Waals surface area contributed by atoms with Crippen molar-refractivity contribution in [3.8, 4) is 5.69 Å². The molecule has 2 N–H and O–H groups in total. The van der Waals surface area contributed by atoms with Gasteiger partial charge in [-0.2, -0.15) is 5.10 Å². The van der Waals surface area contributed by atoms with E-state index in [1.807, 2.05) is 53.3 Å². The van der Waals surface area contributed by atoms with Crippen LogP contribution in [0.5, 0.6) is 0 Å². The molecule has 0 unspecified atom stereocenters. The van der Waals surface area contributed by atoms with Crippen LogP contribution in [-0.4, -0.2) is 47.2 Å². The van der Waals surface area contributed by atoms with Crippen LogP contribution in [-0.2, 0) is 17.8 Å². The van der Waals surface area contributed by atoms with Gasteiger partial charge in [0.2, 0.25) is 5.91 Å². The minimum absolute atomic E-state index is 0.133. The van der Waals surface area contributed by atoms with Crippen molar-refractivity contribution in [2.24, 2.45) is 0 Å². The van der Waals surface area contributed by atoms with E-state index in [0.29, 0.717) is 25.3 Å². The molecule has 0 spiro atoms. The van der Waals surface area contributed by atoms with E-state index in [1.165, 1.54) is 24.5 Å². The minimum Gasteiger partial charge on any atom is -0.352 e. The predicted octanol–water partition coefficient (Wildman–Crippen LogP) is 4.73. The maximum atomic E-state index is 13.6. The number of allylic oxidation sites excluding steroid dienone is 1. The van der Waals surface area contributed by atoms with Crippen LogP contribution in [0.3, 0.4) is 0 Å². The number of halogens is 1. The summed E-state index contributed by atoms with van der Waals surface area (Å²) in [5.74, 6) is 0.252. The molecule has 10 nitrogen and oxygen atoms in total. The molecular weight excluding hydrogens is 521 g/mol. The van der Waals surface area contributed by atoms with Crippen LogP contribution < -0.4 is 10.6 Å². The highest BCUT2D eigenvalue weighted by Crippen LogP contribution is 2.27. The number of rotatable bonds is 9. The maximum absolute atomic E-state index is 13.6. The Kier molecular flexibility index (Phi) is 7.14. The number of nitrogens with one attached hydrogen (secondary N) is 2. The molecule has 0 saturated heterocycles. The van der Waals surface area contributed by atoms with Gasteiger partial charge in [0.1, 0.15) is 18.0 Å². The number of benzene rings is 3. The van der Waals surface area contributed by atoms with E-state index in [4.69, 9.17) is 0 Å². The molecule has 0 bridgehead atoms. The van der Waals surface area contributed by atoms with Gasteiger partial charge < -0.3 is 10.6 Å². The number of hydrogen-bond acceptors (Lipinski definition) is 7. The molecular formula is C30H26FN9O. The number of nitrogens with zero attached hydrogens (tertiary/aromatic N) is 7. The van der Waals surface area contributed by atoms with E-state index in [-0.39, 0.29) is 11.7 Å². The Morgan fingerprint density at radius 2 is 2.00 bits per heavy atom. The van der Waals surface area contributed by atoms with Gasteiger partial charge in [-0.15, -0.1) is 5.10 Å². The highest BCUT2D eigenvalue weighted by molar-refractivity contribution is 5.93. The van der Waals surface area contributed by atoms with Gasteiger partial charge in [-0.25, -0.2) is 19.0 Å². The SMILES string of the molecule is C/C=C\C(=O)NCCc1cn(-c2ccc3ncnc(Nc4ccc5c(cnn5Cc5cccc(F)c5)c4)c3c2)nn1. The lowest BCUT2D eigenvalue weighted by Gasteiger charge is -2.10. The Bertz CT molecular complexity index is 1890. The molecule has 0 fully saturated rings. The summed E-state index contributed by atoms with van der Waals surface area (Å²) in [7, 11) is 0. The van der Waals surface area contributed by atoms with Gasteiger partial charge >= 0.3 is 0 Å². The van der Waals surface area contributed by atoms with Crippen molar-refractivity contribution in [3.63, 3.8) is 0 Å². The van der Waals surface area contributed by atoms with Crippen molar-refractivity contribution in [1.82, 2.24) is 40.1 Å². The number of fused-ring (bicyclic) bond motifs is 2. The summed E-state index contributed by atoms with van der Waals surface area (Å²) in [6.07, 6.45) is 8.91. The number of aromatic nitrogens is 7. The van der Waals surface area contributed by atoms with Crippen LogP contribution in [0.25, 0.3) is 27.5 Å². The number of amides is 1. The third kappa shape index (κ3) is 5.78. The molecule has 6 aromatic rings. The normalized spacial score (nSPS) is 11.5. The highest BCUT2D eigenvalue weighted by Gasteiger charge is 2.11. The first-order chi connectivity index (χ1) is 20.1. The topological polar surface area (TPSA) is 115 Å². The van der Waals surface area contributed by atoms with Crippen molar-refractivity contribution < 1.29 is 9.18 Å². The van der Waals surface area contributed by atoms with Gasteiger partial charge in [0.05, 0.1) is 41.4 Å². The molecule has 3 heterocycles. The fraction of sp³-hybridized carbons (Fsp3) is 0.133. The van der Waals surface area contributed by atoms with Crippen molar-refractivity contribution in [3.05, 3.63) is 109 Å². The van der Waals surface area contributed by atoms with Gasteiger partial charge in [0.25, 0.3) is 0 Å². The molecule has 204 valence electrons. The average Bonchev–Trinajstić information content (AvgIpc) is 3.60. The maximum Gasteiger partial charge on any atom is 0.243 e. The Hall–Kier alpha value is -5.45. The second kappa shape index (κ2) is 11.3. The van der Waals surface area contributed by atoms with Crippen molar-refractivity contribution >= 4 is 39.2 Å². The van der Waals surface area contributed by atoms with Crippen LogP contribution in [0, 0.1) is 5.82 Å². The van der Waals surface area contributed by atoms with E-state index >= 15 is 0 Å². The van der Waals surface area contributed by atoms with Gasteiger partial charge in [-0.1, -0.05) is 23.4 Å². The number of hydrogen-bond donors (Lipinski definition) is 2. The van der Waals surface area contributed by atoms with E-state index in [9.17, 15) is 9.18 Å². The Morgan fingerprint density at radius 3 is 2.88 bits per heavy atom. The zero-order valence-corrected chi connectivity index (χ0v) is 22.2. The van der Waals surface area contributed by atoms with E-state index in [2.05, 4.69) is 36.0 Å². The summed E-state index contributed by atoms with van der Waals surface area (Å²) in [6, 6.07) is 18.3. The lowest BCUT2D eigenvalue weighted by atomic mass is 10.2. The standard InChI is InChI=1S/C30H26FN9O/c1-2-4-29(41)32-12-11-24-18-39(38-37-24)25-8-9-27-26(15-25)30(34-19-33-27)36-23-7-10-28-21(14-23)16-35-40(28)17-20-5-3-6-22(31)13-20/h2-10,13-16,18-19H,11-12,17H2,1H3,(H,32,41)(H,33,34,36)/b4-2-. The predicted molar refractivity (Wildman–Crippen MR) is 155 cm³/mol. The molecule has 0 saturated carbocycles. The summed E-state index contributed by atoms with van der Waals surface area (Å²) < 4.78 is 17.2. The van der Waals surface area contributed by atoms with Crippen LogP contribution in [0.1, 0.15) is 18.2 Å². The summed E-state index contributed by atoms with van der Waals surface area (Å²) in [4.78, 5) is 20.5. The van der Waals surface area contributed by atoms with Crippen molar-refractivity contribution in [1.29, 1.82) is 0 Å². The van der Waals surface area contributed by atoms with E-state index in [0.717, 1.165) is 44.4 Å². The Balaban J connectivity index is 1.21. The smallest absolute Gasteiger partial charge is 0.243 e. The number of carbonyl (C=O) groups excluding carboxylic acids is 1. The molecule has 41 heavy (non-hydrogen) atoms. The van der Waals surface area contributed by atoms with E-state index in [1.54, 1.807) is 29.9 Å². The Morgan fingerprint density at radius 1 is 1.07 bits per heavy atom. The van der Waals surface area contributed by atoms with Crippen LogP contribution in [0.15, 0.2) is 91.5 Å². The fourth-order valence-corrected chi connectivity index (χ4v) is 4.59. The highest BCUT2D eigenvalue weighted by atomic mass is 19.1. The molecule has 3 aromatic heterocycles. The molecule has 0 aliphatic carbocycles. The summed E-state index contributed by atoms with van der Waals surface area (Å²) in [5, 5.41) is 21.0. The fourth-order valence-electron chi connectivity index (χ4n) is 4.59. The lowest BCUT2D eigenvalue weighted by molar-refractivity contribution is -0.116. The van der Waals surface area contributed by atoms with Crippen LogP contribution >= 0.6 is 0 Å². The van der Waals surface area contributed by atoms with Crippen molar-refractivity contribution in [2.75, 3.05) is 11.9 Å². The molecule has 6 rings (SSSR count). The molecule has 0 aliphatic rings. The summed E-state index contributed by atoms with van der Waals surface area (Å²) >= 11 is 0. The first kappa shape index (κ1) is 25.8. The minimum atomic E-state index is -0.263. The van der Waals surface area contributed by atoms with Crippen LogP contribution in [0.2, 0.25) is 0 Å². The molecule has 11 heteroatoms. The first-order valence-corrected chi connectivity index (χ1v) is 13.1. The number of carbonyl (C=O) groups is 1. The van der Waals surface area contributed by atoms with Gasteiger partial charge in [-0.05, 0) is 67.1 Å². The molecule has 0 radical (unpaired) electrons. The summed E-state index contributed by atoms with van der Waals surface area (Å²) in [6.45, 7) is 2.74. The molecule has 0 atom stereocenters.